The summed E-state index contributed by atoms with van der Waals surface area (Å²) in [7, 11) is 1.58. The quantitative estimate of drug-likeness (QED) is 0.609. The average molecular weight is 340 g/mol. The molecule has 0 spiro atoms. The molecule has 1 amide bonds. The summed E-state index contributed by atoms with van der Waals surface area (Å²) in [6.07, 6.45) is -3.66. The first kappa shape index (κ1) is 14.3. The third-order valence-electron chi connectivity index (χ3n) is 3.10. The number of fused-ring (bicyclic) bond motifs is 1. The molecule has 0 fully saturated rings. The smallest absolute Gasteiger partial charge is 0.315 e. The van der Waals surface area contributed by atoms with Gasteiger partial charge in [0.2, 0.25) is 5.91 Å². The molecule has 0 N–H and O–H groups in total. The highest BCUT2D eigenvalue weighted by molar-refractivity contribution is 9.09. The minimum Gasteiger partial charge on any atom is -0.315 e. The fourth-order valence-electron chi connectivity index (χ4n) is 1.98. The highest BCUT2D eigenvalue weighted by Crippen LogP contribution is 2.44. The summed E-state index contributed by atoms with van der Waals surface area (Å²) < 4.78 is 51.1. The Morgan fingerprint density at radius 1 is 1.37 bits per heavy atom. The summed E-state index contributed by atoms with van der Waals surface area (Å²) in [4.78, 5) is 11.1. The van der Waals surface area contributed by atoms with Gasteiger partial charge in [0.15, 0.2) is 0 Å². The Hall–Kier alpha value is -1.11. The fourth-order valence-corrected chi connectivity index (χ4v) is 2.47. The number of amides is 1. The van der Waals surface area contributed by atoms with Crippen LogP contribution in [0.5, 0.6) is 0 Å². The predicted octanol–water partition coefficient (Wildman–Crippen LogP) is 3.54. The van der Waals surface area contributed by atoms with Gasteiger partial charge in [-0.2, -0.15) is 8.78 Å². The molecule has 2 nitrogen and oxygen atoms in total. The van der Waals surface area contributed by atoms with E-state index in [0.717, 1.165) is 0 Å². The van der Waals surface area contributed by atoms with E-state index in [0.29, 0.717) is 11.3 Å². The van der Waals surface area contributed by atoms with Crippen LogP contribution >= 0.6 is 15.9 Å². The molecule has 1 aromatic rings. The van der Waals surface area contributed by atoms with Crippen LogP contribution < -0.4 is 4.90 Å². The number of rotatable bonds is 3. The lowest BCUT2D eigenvalue weighted by molar-refractivity contribution is -0.127. The van der Waals surface area contributed by atoms with E-state index in [-0.39, 0.29) is 17.9 Å². The summed E-state index contributed by atoms with van der Waals surface area (Å²) in [5.74, 6) is -4.32. The molecule has 1 aliphatic rings. The van der Waals surface area contributed by atoms with Crippen molar-refractivity contribution >= 4 is 27.5 Å². The van der Waals surface area contributed by atoms with E-state index < -0.39 is 17.2 Å². The predicted molar refractivity (Wildman–Crippen MR) is 66.2 cm³/mol. The Kier molecular flexibility index (Phi) is 3.59. The number of nitrogens with zero attached hydrogens (tertiary/aromatic N) is 1. The Labute approximate surface area is 115 Å². The van der Waals surface area contributed by atoms with E-state index in [4.69, 9.17) is 0 Å². The molecule has 1 unspecified atom stereocenters. The number of hydrogen-bond donors (Lipinski definition) is 0. The zero-order chi connectivity index (χ0) is 14.4. The molecule has 1 aromatic carbocycles. The van der Waals surface area contributed by atoms with Crippen molar-refractivity contribution in [3.05, 3.63) is 29.3 Å². The molecule has 19 heavy (non-hydrogen) atoms. The third-order valence-corrected chi connectivity index (χ3v) is 4.24. The molecule has 2 rings (SSSR count). The van der Waals surface area contributed by atoms with Gasteiger partial charge in [-0.3, -0.25) is 4.79 Å². The molecule has 1 aliphatic heterocycles. The van der Waals surface area contributed by atoms with Gasteiger partial charge in [0, 0.05) is 12.7 Å². The minimum absolute atomic E-state index is 0.0344. The molecule has 1 atom stereocenters. The number of likely N-dealkylation sites (N-methyl/N-ethyl adjacent to an activating group) is 1. The van der Waals surface area contributed by atoms with Crippen LogP contribution in [0.15, 0.2) is 18.2 Å². The third kappa shape index (κ3) is 2.35. The lowest BCUT2D eigenvalue weighted by atomic mass is 10.0. The molecule has 104 valence electrons. The average Bonchev–Trinajstić information content (AvgIpc) is 2.63. The number of halogens is 5. The molecule has 0 radical (unpaired) electrons. The number of anilines is 1. The van der Waals surface area contributed by atoms with Crippen molar-refractivity contribution in [2.45, 2.75) is 23.6 Å². The van der Waals surface area contributed by atoms with Crippen LogP contribution in [0, 0.1) is 0 Å². The summed E-state index contributed by atoms with van der Waals surface area (Å²) in [6, 6.07) is 4.18. The second-order valence-electron chi connectivity index (χ2n) is 4.36. The highest BCUT2D eigenvalue weighted by Gasteiger charge is 2.48. The van der Waals surface area contributed by atoms with Gasteiger partial charge in [-0.25, -0.2) is 8.78 Å². The highest BCUT2D eigenvalue weighted by atomic mass is 79.9. The van der Waals surface area contributed by atoms with Gasteiger partial charge in [0.1, 0.15) is 4.83 Å². The first-order valence-electron chi connectivity index (χ1n) is 5.44. The molecule has 0 bridgehead atoms. The van der Waals surface area contributed by atoms with Crippen LogP contribution in [0.25, 0.3) is 0 Å². The Morgan fingerprint density at radius 2 is 2.00 bits per heavy atom. The molecule has 0 aliphatic carbocycles. The Bertz CT molecular complexity index is 520. The Morgan fingerprint density at radius 3 is 2.58 bits per heavy atom. The van der Waals surface area contributed by atoms with E-state index in [1.807, 2.05) is 0 Å². The fraction of sp³-hybridized carbons (Fsp3) is 0.417. The SMILES string of the molecule is CN1C(=O)Cc2cc(C(Br)C(F)(F)C(F)F)ccc21. The monoisotopic (exact) mass is 339 g/mol. The van der Waals surface area contributed by atoms with Crippen molar-refractivity contribution in [2.75, 3.05) is 11.9 Å². The van der Waals surface area contributed by atoms with Crippen LogP contribution in [-0.2, 0) is 11.2 Å². The van der Waals surface area contributed by atoms with Crippen LogP contribution in [0.4, 0.5) is 23.2 Å². The van der Waals surface area contributed by atoms with Crippen LogP contribution in [0.3, 0.4) is 0 Å². The first-order chi connectivity index (χ1) is 8.75. The van der Waals surface area contributed by atoms with Crippen molar-refractivity contribution in [3.8, 4) is 0 Å². The number of alkyl halides is 5. The number of carbonyl (C=O) groups excluding carboxylic acids is 1. The van der Waals surface area contributed by atoms with Gasteiger partial charge in [0.25, 0.3) is 0 Å². The largest absolute Gasteiger partial charge is 0.323 e. The number of hydrogen-bond acceptors (Lipinski definition) is 1. The van der Waals surface area contributed by atoms with Gasteiger partial charge in [-0.15, -0.1) is 0 Å². The standard InChI is InChI=1S/C12H10BrF4NO/c1-18-8-3-2-6(4-7(8)5-9(18)19)10(13)12(16,17)11(14)15/h2-4,10-11H,5H2,1H3. The van der Waals surface area contributed by atoms with Crippen molar-refractivity contribution in [1.82, 2.24) is 0 Å². The molecule has 1 heterocycles. The number of carbonyl (C=O) groups is 1. The molecule has 0 aromatic heterocycles. The van der Waals surface area contributed by atoms with E-state index >= 15 is 0 Å². The second-order valence-corrected chi connectivity index (χ2v) is 5.27. The summed E-state index contributed by atoms with van der Waals surface area (Å²) in [5.41, 5.74) is 1.22. The van der Waals surface area contributed by atoms with Crippen LogP contribution in [0.2, 0.25) is 0 Å². The maximum atomic E-state index is 13.3. The van der Waals surface area contributed by atoms with Crippen molar-refractivity contribution in [2.24, 2.45) is 0 Å². The normalized spacial score (nSPS) is 17.0. The lowest BCUT2D eigenvalue weighted by Crippen LogP contribution is -2.31. The van der Waals surface area contributed by atoms with Gasteiger partial charge < -0.3 is 4.90 Å². The van der Waals surface area contributed by atoms with E-state index in [2.05, 4.69) is 15.9 Å². The van der Waals surface area contributed by atoms with E-state index in [1.54, 1.807) is 7.05 Å². The molecular weight excluding hydrogens is 330 g/mol. The first-order valence-corrected chi connectivity index (χ1v) is 6.36. The minimum atomic E-state index is -4.16. The summed E-state index contributed by atoms with van der Waals surface area (Å²) >= 11 is 2.62. The molecule has 0 saturated heterocycles. The number of benzene rings is 1. The van der Waals surface area contributed by atoms with Gasteiger partial charge in [0.05, 0.1) is 6.42 Å². The maximum Gasteiger partial charge on any atom is 0.323 e. The van der Waals surface area contributed by atoms with Crippen LogP contribution in [-0.4, -0.2) is 25.3 Å². The summed E-state index contributed by atoms with van der Waals surface area (Å²) in [6.45, 7) is 0. The Balaban J connectivity index is 2.34. The van der Waals surface area contributed by atoms with E-state index in [9.17, 15) is 22.4 Å². The van der Waals surface area contributed by atoms with Gasteiger partial charge >= 0.3 is 12.3 Å². The van der Waals surface area contributed by atoms with E-state index in [1.165, 1.54) is 23.1 Å². The second kappa shape index (κ2) is 4.77. The molecule has 0 saturated carbocycles. The van der Waals surface area contributed by atoms with Gasteiger partial charge in [-0.05, 0) is 17.2 Å². The zero-order valence-corrected chi connectivity index (χ0v) is 11.4. The summed E-state index contributed by atoms with van der Waals surface area (Å²) in [5, 5.41) is 0. The lowest BCUT2D eigenvalue weighted by Gasteiger charge is -2.22. The van der Waals surface area contributed by atoms with Crippen molar-refractivity contribution in [3.63, 3.8) is 0 Å². The molecule has 7 heteroatoms. The van der Waals surface area contributed by atoms with Gasteiger partial charge in [-0.1, -0.05) is 28.1 Å². The molecular formula is C12H10BrF4NO. The maximum absolute atomic E-state index is 13.3. The van der Waals surface area contributed by atoms with Crippen molar-refractivity contribution < 1.29 is 22.4 Å². The zero-order valence-electron chi connectivity index (χ0n) is 9.84. The van der Waals surface area contributed by atoms with Crippen molar-refractivity contribution in [1.29, 1.82) is 0 Å². The van der Waals surface area contributed by atoms with Crippen LogP contribution in [0.1, 0.15) is 16.0 Å². The topological polar surface area (TPSA) is 20.3 Å².